The van der Waals surface area contributed by atoms with Gasteiger partial charge in [0, 0.05) is 32.1 Å². The molecule has 0 saturated carbocycles. The Bertz CT molecular complexity index is 406. The number of nitrogens with zero attached hydrogens (tertiary/aromatic N) is 1. The molecule has 0 aromatic carbocycles. The Labute approximate surface area is 99.8 Å². The highest BCUT2D eigenvalue weighted by atomic mass is 16.4. The maximum absolute atomic E-state index is 10.9. The predicted molar refractivity (Wildman–Crippen MR) is 63.1 cm³/mol. The van der Waals surface area contributed by atoms with Gasteiger partial charge in [0.15, 0.2) is 17.9 Å². The zero-order valence-electron chi connectivity index (χ0n) is 9.81. The van der Waals surface area contributed by atoms with Gasteiger partial charge in [0.25, 0.3) is 0 Å². The summed E-state index contributed by atoms with van der Waals surface area (Å²) in [6.07, 6.45) is 2.50. The van der Waals surface area contributed by atoms with Crippen LogP contribution in [0, 0.1) is 0 Å². The van der Waals surface area contributed by atoms with Gasteiger partial charge >= 0.3 is 0 Å². The fourth-order valence-electron chi connectivity index (χ4n) is 2.11. The molecule has 1 saturated heterocycles. The molecule has 1 aromatic heterocycles. The van der Waals surface area contributed by atoms with Gasteiger partial charge in [-0.15, -0.1) is 0 Å². The Kier molecular flexibility index (Phi) is 3.46. The van der Waals surface area contributed by atoms with Crippen LogP contribution in [0.15, 0.2) is 16.5 Å². The second-order valence-corrected chi connectivity index (χ2v) is 4.26. The minimum Gasteiger partial charge on any atom is -0.438 e. The number of carbonyl (C=O) groups is 2. The van der Waals surface area contributed by atoms with Crippen LogP contribution in [0.25, 0.3) is 0 Å². The Morgan fingerprint density at radius 1 is 1.47 bits per heavy atom. The summed E-state index contributed by atoms with van der Waals surface area (Å²) >= 11 is 0. The van der Waals surface area contributed by atoms with Crippen LogP contribution in [0.1, 0.15) is 30.3 Å². The molecule has 0 unspecified atom stereocenters. The van der Waals surface area contributed by atoms with E-state index >= 15 is 0 Å². The molecule has 0 radical (unpaired) electrons. The first-order valence-electron chi connectivity index (χ1n) is 5.76. The van der Waals surface area contributed by atoms with E-state index in [1.165, 1.54) is 6.92 Å². The molecule has 2 heterocycles. The SMILES string of the molecule is CC(=O)NC1CCN(c2ccc(C=O)o2)CC1. The van der Waals surface area contributed by atoms with Gasteiger partial charge in [-0.25, -0.2) is 0 Å². The van der Waals surface area contributed by atoms with Crippen molar-refractivity contribution in [1.82, 2.24) is 5.32 Å². The molecule has 2 rings (SSSR count). The number of rotatable bonds is 3. The molecule has 1 fully saturated rings. The molecule has 1 aliphatic rings. The smallest absolute Gasteiger partial charge is 0.217 e. The first-order valence-corrected chi connectivity index (χ1v) is 5.76. The van der Waals surface area contributed by atoms with Crippen LogP contribution in [-0.2, 0) is 4.79 Å². The molecule has 92 valence electrons. The standard InChI is InChI=1S/C12H16N2O3/c1-9(16)13-10-4-6-14(7-5-10)12-3-2-11(8-15)17-12/h2-3,8,10H,4-7H2,1H3,(H,13,16). The normalized spacial score (nSPS) is 16.9. The van der Waals surface area contributed by atoms with Crippen LogP contribution in [0.5, 0.6) is 0 Å². The Morgan fingerprint density at radius 3 is 2.71 bits per heavy atom. The molecule has 1 aliphatic heterocycles. The maximum atomic E-state index is 10.9. The van der Waals surface area contributed by atoms with Crippen LogP contribution in [0.3, 0.4) is 0 Å². The van der Waals surface area contributed by atoms with Crippen molar-refractivity contribution in [3.05, 3.63) is 17.9 Å². The average Bonchev–Trinajstić information content (AvgIpc) is 2.78. The van der Waals surface area contributed by atoms with E-state index in [0.29, 0.717) is 12.0 Å². The van der Waals surface area contributed by atoms with E-state index in [-0.39, 0.29) is 11.9 Å². The third-order valence-electron chi connectivity index (χ3n) is 2.94. The summed E-state index contributed by atoms with van der Waals surface area (Å²) in [6, 6.07) is 3.73. The lowest BCUT2D eigenvalue weighted by molar-refractivity contribution is -0.119. The number of piperidine rings is 1. The first kappa shape index (κ1) is 11.7. The molecule has 0 aliphatic carbocycles. The minimum atomic E-state index is 0.0182. The highest BCUT2D eigenvalue weighted by Crippen LogP contribution is 2.21. The molecule has 1 N–H and O–H groups in total. The highest BCUT2D eigenvalue weighted by molar-refractivity contribution is 5.73. The fraction of sp³-hybridized carbons (Fsp3) is 0.500. The van der Waals surface area contributed by atoms with Gasteiger partial charge in [-0.05, 0) is 18.9 Å². The van der Waals surface area contributed by atoms with Crippen molar-refractivity contribution in [3.8, 4) is 0 Å². The molecule has 5 nitrogen and oxygen atoms in total. The van der Waals surface area contributed by atoms with Gasteiger partial charge in [0.05, 0.1) is 0 Å². The van der Waals surface area contributed by atoms with Gasteiger partial charge in [-0.3, -0.25) is 9.59 Å². The van der Waals surface area contributed by atoms with E-state index in [1.54, 1.807) is 6.07 Å². The fourth-order valence-corrected chi connectivity index (χ4v) is 2.11. The van der Waals surface area contributed by atoms with E-state index in [9.17, 15) is 9.59 Å². The summed E-state index contributed by atoms with van der Waals surface area (Å²) in [6.45, 7) is 3.20. The lowest BCUT2D eigenvalue weighted by Gasteiger charge is -2.31. The summed E-state index contributed by atoms with van der Waals surface area (Å²) < 4.78 is 5.36. The van der Waals surface area contributed by atoms with Gasteiger partial charge in [0.1, 0.15) is 0 Å². The lowest BCUT2D eigenvalue weighted by atomic mass is 10.1. The van der Waals surface area contributed by atoms with Crippen LogP contribution in [0.2, 0.25) is 0 Å². The van der Waals surface area contributed by atoms with Crippen molar-refractivity contribution in [2.75, 3.05) is 18.0 Å². The molecule has 0 spiro atoms. The third-order valence-corrected chi connectivity index (χ3v) is 2.94. The van der Waals surface area contributed by atoms with Crippen molar-refractivity contribution in [1.29, 1.82) is 0 Å². The van der Waals surface area contributed by atoms with Gasteiger partial charge in [-0.1, -0.05) is 0 Å². The molecule has 1 aromatic rings. The summed E-state index contributed by atoms with van der Waals surface area (Å²) in [5, 5.41) is 2.92. The number of aldehydes is 1. The maximum Gasteiger partial charge on any atom is 0.217 e. The van der Waals surface area contributed by atoms with Gasteiger partial charge in [0.2, 0.25) is 5.91 Å². The van der Waals surface area contributed by atoms with E-state index in [1.807, 2.05) is 6.07 Å². The van der Waals surface area contributed by atoms with Crippen LogP contribution in [0.4, 0.5) is 5.88 Å². The van der Waals surface area contributed by atoms with Gasteiger partial charge < -0.3 is 14.6 Å². The second-order valence-electron chi connectivity index (χ2n) is 4.26. The largest absolute Gasteiger partial charge is 0.438 e. The number of hydrogen-bond donors (Lipinski definition) is 1. The van der Waals surface area contributed by atoms with E-state index in [2.05, 4.69) is 10.2 Å². The summed E-state index contributed by atoms with van der Waals surface area (Å²) in [5.74, 6) is 1.10. The zero-order chi connectivity index (χ0) is 12.3. The molecule has 0 atom stereocenters. The third kappa shape index (κ3) is 2.87. The number of anilines is 1. The minimum absolute atomic E-state index is 0.0182. The quantitative estimate of drug-likeness (QED) is 0.801. The van der Waals surface area contributed by atoms with Crippen LogP contribution >= 0.6 is 0 Å². The summed E-state index contributed by atoms with van der Waals surface area (Å²) in [7, 11) is 0. The number of carbonyl (C=O) groups excluding carboxylic acids is 2. The Balaban J connectivity index is 1.90. The molecular formula is C12H16N2O3. The molecule has 0 bridgehead atoms. The average molecular weight is 236 g/mol. The highest BCUT2D eigenvalue weighted by Gasteiger charge is 2.21. The van der Waals surface area contributed by atoms with E-state index in [0.717, 1.165) is 31.8 Å². The first-order chi connectivity index (χ1) is 8.19. The predicted octanol–water partition coefficient (Wildman–Crippen LogP) is 1.20. The van der Waals surface area contributed by atoms with Crippen molar-refractivity contribution in [3.63, 3.8) is 0 Å². The number of hydrogen-bond acceptors (Lipinski definition) is 4. The van der Waals surface area contributed by atoms with Crippen molar-refractivity contribution in [2.45, 2.75) is 25.8 Å². The van der Waals surface area contributed by atoms with Crippen molar-refractivity contribution in [2.24, 2.45) is 0 Å². The van der Waals surface area contributed by atoms with E-state index in [4.69, 9.17) is 4.42 Å². The topological polar surface area (TPSA) is 62.6 Å². The summed E-state index contributed by atoms with van der Waals surface area (Å²) in [4.78, 5) is 23.5. The van der Waals surface area contributed by atoms with Crippen molar-refractivity contribution >= 4 is 18.1 Å². The number of furan rings is 1. The van der Waals surface area contributed by atoms with Crippen molar-refractivity contribution < 1.29 is 14.0 Å². The number of amides is 1. The number of nitrogens with one attached hydrogen (secondary N) is 1. The molecule has 17 heavy (non-hydrogen) atoms. The lowest BCUT2D eigenvalue weighted by Crippen LogP contribution is -2.43. The Morgan fingerprint density at radius 2 is 2.18 bits per heavy atom. The van der Waals surface area contributed by atoms with Crippen LogP contribution in [-0.4, -0.2) is 31.3 Å². The second kappa shape index (κ2) is 5.03. The summed E-state index contributed by atoms with van der Waals surface area (Å²) in [5.41, 5.74) is 0. The van der Waals surface area contributed by atoms with E-state index < -0.39 is 0 Å². The molecule has 5 heteroatoms. The monoisotopic (exact) mass is 236 g/mol. The molecule has 1 amide bonds. The zero-order valence-corrected chi connectivity index (χ0v) is 9.81. The van der Waals surface area contributed by atoms with Gasteiger partial charge in [-0.2, -0.15) is 0 Å². The molecular weight excluding hydrogens is 220 g/mol. The Hall–Kier alpha value is -1.78. The van der Waals surface area contributed by atoms with Crippen LogP contribution < -0.4 is 10.2 Å².